The Morgan fingerprint density at radius 2 is 1.68 bits per heavy atom. The lowest BCUT2D eigenvalue weighted by molar-refractivity contribution is 0.208. The molecular formula is C26H27F2N3O2S. The van der Waals surface area contributed by atoms with Crippen molar-refractivity contribution in [3.63, 3.8) is 0 Å². The van der Waals surface area contributed by atoms with Gasteiger partial charge in [-0.3, -0.25) is 0 Å². The minimum Gasteiger partial charge on any atom is -0.233 e. The number of piperidine rings is 1. The maximum atomic E-state index is 13.6. The molecule has 2 aromatic carbocycles. The van der Waals surface area contributed by atoms with Gasteiger partial charge in [0.1, 0.15) is 11.6 Å². The molecule has 0 bridgehead atoms. The molecule has 3 aromatic rings. The molecule has 1 aliphatic carbocycles. The molecule has 0 spiro atoms. The SMILES string of the molecule is CC(C)S(=O)(=O)N1CCC2=Cc3c(cnn3-c3ccc(F)cc3)CC2(Cc2ccc(F)cc2)C1. The monoisotopic (exact) mass is 483 g/mol. The van der Waals surface area contributed by atoms with Crippen LogP contribution in [0.4, 0.5) is 8.78 Å². The van der Waals surface area contributed by atoms with Crippen molar-refractivity contribution in [3.8, 4) is 5.69 Å². The van der Waals surface area contributed by atoms with Crippen molar-refractivity contribution >= 4 is 16.1 Å². The van der Waals surface area contributed by atoms with Gasteiger partial charge in [0.25, 0.3) is 0 Å². The Morgan fingerprint density at radius 1 is 1.03 bits per heavy atom. The van der Waals surface area contributed by atoms with Crippen molar-refractivity contribution in [2.24, 2.45) is 5.41 Å². The van der Waals surface area contributed by atoms with E-state index in [2.05, 4.69) is 11.2 Å². The van der Waals surface area contributed by atoms with Crippen LogP contribution in [0.25, 0.3) is 11.8 Å². The predicted octanol–water partition coefficient (Wildman–Crippen LogP) is 4.76. The second kappa shape index (κ2) is 8.43. The molecular weight excluding hydrogens is 456 g/mol. The second-order valence-electron chi connectivity index (χ2n) is 9.55. The van der Waals surface area contributed by atoms with Crippen LogP contribution < -0.4 is 0 Å². The second-order valence-corrected chi connectivity index (χ2v) is 12.0. The number of nitrogens with zero attached hydrogens (tertiary/aromatic N) is 3. The predicted molar refractivity (Wildman–Crippen MR) is 128 cm³/mol. The quantitative estimate of drug-likeness (QED) is 0.526. The summed E-state index contributed by atoms with van der Waals surface area (Å²) < 4.78 is 56.6. The zero-order valence-electron chi connectivity index (χ0n) is 19.2. The largest absolute Gasteiger partial charge is 0.233 e. The molecule has 2 aliphatic rings. The number of rotatable bonds is 5. The summed E-state index contributed by atoms with van der Waals surface area (Å²) in [5, 5.41) is 4.07. The van der Waals surface area contributed by atoms with Crippen molar-refractivity contribution in [2.45, 2.75) is 38.4 Å². The van der Waals surface area contributed by atoms with Gasteiger partial charge >= 0.3 is 0 Å². The third-order valence-electron chi connectivity index (χ3n) is 7.00. The van der Waals surface area contributed by atoms with Crippen molar-refractivity contribution in [1.29, 1.82) is 0 Å². The highest BCUT2D eigenvalue weighted by Crippen LogP contribution is 2.47. The number of fused-ring (bicyclic) bond motifs is 2. The Hall–Kier alpha value is -2.84. The normalized spacial score (nSPS) is 20.7. The van der Waals surface area contributed by atoms with Crippen molar-refractivity contribution < 1.29 is 17.2 Å². The summed E-state index contributed by atoms with van der Waals surface area (Å²) in [6.07, 6.45) is 5.77. The van der Waals surface area contributed by atoms with E-state index in [1.165, 1.54) is 29.8 Å². The van der Waals surface area contributed by atoms with Crippen LogP contribution in [0.3, 0.4) is 0 Å². The lowest BCUT2D eigenvalue weighted by Gasteiger charge is -2.46. The van der Waals surface area contributed by atoms with Gasteiger partial charge < -0.3 is 0 Å². The van der Waals surface area contributed by atoms with Crippen LogP contribution in [0.2, 0.25) is 0 Å². The van der Waals surface area contributed by atoms with Crippen LogP contribution in [0.15, 0.2) is 60.3 Å². The Labute approximate surface area is 198 Å². The van der Waals surface area contributed by atoms with Crippen molar-refractivity contribution in [2.75, 3.05) is 13.1 Å². The molecule has 2 heterocycles. The molecule has 1 atom stereocenters. The fourth-order valence-electron chi connectivity index (χ4n) is 5.16. The number of hydrogen-bond donors (Lipinski definition) is 0. The molecule has 5 rings (SSSR count). The molecule has 34 heavy (non-hydrogen) atoms. The van der Waals surface area contributed by atoms with E-state index in [0.717, 1.165) is 22.5 Å². The van der Waals surface area contributed by atoms with Gasteiger partial charge in [0.05, 0.1) is 22.8 Å². The highest BCUT2D eigenvalue weighted by atomic mass is 32.2. The van der Waals surface area contributed by atoms with E-state index in [1.807, 2.05) is 6.20 Å². The molecule has 0 saturated carbocycles. The minimum absolute atomic E-state index is 0.295. The fraction of sp³-hybridized carbons (Fsp3) is 0.346. The fourth-order valence-corrected chi connectivity index (χ4v) is 6.53. The summed E-state index contributed by atoms with van der Waals surface area (Å²) in [6, 6.07) is 12.6. The lowest BCUT2D eigenvalue weighted by atomic mass is 9.66. The minimum atomic E-state index is -3.42. The van der Waals surface area contributed by atoms with Gasteiger partial charge in [-0.15, -0.1) is 0 Å². The Bertz CT molecular complexity index is 1350. The number of halogens is 2. The number of aromatic nitrogens is 2. The van der Waals surface area contributed by atoms with E-state index in [1.54, 1.807) is 47.1 Å². The molecule has 1 fully saturated rings. The van der Waals surface area contributed by atoms with E-state index in [0.29, 0.717) is 32.4 Å². The van der Waals surface area contributed by atoms with E-state index < -0.39 is 20.7 Å². The molecule has 5 nitrogen and oxygen atoms in total. The molecule has 0 amide bonds. The average Bonchev–Trinajstić information content (AvgIpc) is 3.21. The number of benzene rings is 2. The molecule has 1 aliphatic heterocycles. The topological polar surface area (TPSA) is 55.2 Å². The molecule has 0 radical (unpaired) electrons. The van der Waals surface area contributed by atoms with E-state index in [4.69, 9.17) is 0 Å². The maximum Gasteiger partial charge on any atom is 0.216 e. The zero-order valence-corrected chi connectivity index (χ0v) is 20.0. The molecule has 8 heteroatoms. The molecule has 1 unspecified atom stereocenters. The van der Waals surface area contributed by atoms with Crippen molar-refractivity contribution in [3.05, 3.63) is 88.8 Å². The number of sulfonamides is 1. The maximum absolute atomic E-state index is 13.6. The first kappa shape index (κ1) is 22.9. The number of hydrogen-bond acceptors (Lipinski definition) is 3. The van der Waals surface area contributed by atoms with Gasteiger partial charge in [-0.05, 0) is 86.7 Å². The highest BCUT2D eigenvalue weighted by molar-refractivity contribution is 7.89. The van der Waals surface area contributed by atoms with E-state index in [9.17, 15) is 17.2 Å². The van der Waals surface area contributed by atoms with Crippen molar-refractivity contribution in [1.82, 2.24) is 14.1 Å². The van der Waals surface area contributed by atoms with Crippen LogP contribution in [0.1, 0.15) is 37.1 Å². The Balaban J connectivity index is 1.57. The summed E-state index contributed by atoms with van der Waals surface area (Å²) in [5.41, 5.74) is 4.41. The van der Waals surface area contributed by atoms with Crippen LogP contribution in [-0.2, 0) is 22.9 Å². The van der Waals surface area contributed by atoms with Gasteiger partial charge in [0.2, 0.25) is 10.0 Å². The summed E-state index contributed by atoms with van der Waals surface area (Å²) in [7, 11) is -3.42. The summed E-state index contributed by atoms with van der Waals surface area (Å²) in [4.78, 5) is 0. The Kier molecular flexibility index (Phi) is 5.68. The lowest BCUT2D eigenvalue weighted by Crippen LogP contribution is -2.51. The zero-order chi connectivity index (χ0) is 24.1. The average molecular weight is 484 g/mol. The van der Waals surface area contributed by atoms with Gasteiger partial charge in [-0.25, -0.2) is 26.2 Å². The van der Waals surface area contributed by atoms with Gasteiger partial charge in [0.15, 0.2) is 0 Å². The summed E-state index contributed by atoms with van der Waals surface area (Å²) in [5.74, 6) is -0.601. The Morgan fingerprint density at radius 3 is 2.32 bits per heavy atom. The van der Waals surface area contributed by atoms with Crippen LogP contribution in [0.5, 0.6) is 0 Å². The third kappa shape index (κ3) is 3.99. The van der Waals surface area contributed by atoms with Gasteiger partial charge in [0, 0.05) is 18.5 Å². The molecule has 1 saturated heterocycles. The van der Waals surface area contributed by atoms with Gasteiger partial charge in [-0.2, -0.15) is 5.10 Å². The van der Waals surface area contributed by atoms with E-state index >= 15 is 0 Å². The van der Waals surface area contributed by atoms with E-state index in [-0.39, 0.29) is 11.6 Å². The standard InChI is InChI=1S/C26H27F2N3O2S/c1-18(2)34(32,33)30-12-11-21-13-25-20(16-29-31(25)24-9-7-23(28)8-10-24)15-26(21,17-30)14-19-3-5-22(27)6-4-19/h3-10,13,16,18H,11-12,14-15,17H2,1-2H3. The smallest absolute Gasteiger partial charge is 0.216 e. The highest BCUT2D eigenvalue weighted by Gasteiger charge is 2.46. The first-order valence-electron chi connectivity index (χ1n) is 11.5. The molecule has 1 aromatic heterocycles. The summed E-state index contributed by atoms with van der Waals surface area (Å²) in [6.45, 7) is 4.22. The summed E-state index contributed by atoms with van der Waals surface area (Å²) >= 11 is 0. The first-order valence-corrected chi connectivity index (χ1v) is 13.0. The van der Waals surface area contributed by atoms with Crippen LogP contribution in [-0.4, -0.2) is 40.8 Å². The van der Waals surface area contributed by atoms with Gasteiger partial charge in [-0.1, -0.05) is 17.7 Å². The first-order chi connectivity index (χ1) is 16.2. The van der Waals surface area contributed by atoms with Crippen LogP contribution in [0, 0.1) is 17.0 Å². The molecule has 0 N–H and O–H groups in total. The molecule has 178 valence electrons. The van der Waals surface area contributed by atoms with Crippen LogP contribution >= 0.6 is 0 Å². The third-order valence-corrected chi connectivity index (χ3v) is 9.22.